The van der Waals surface area contributed by atoms with Crippen molar-refractivity contribution in [2.45, 2.75) is 54.3 Å². The molecule has 0 bridgehead atoms. The number of rotatable bonds is 10. The molecule has 0 unspecified atom stereocenters. The highest BCUT2D eigenvalue weighted by Crippen LogP contribution is 2.11. The van der Waals surface area contributed by atoms with Gasteiger partial charge in [-0.2, -0.15) is 0 Å². The van der Waals surface area contributed by atoms with Crippen molar-refractivity contribution >= 4 is 17.4 Å². The molecule has 0 aromatic heterocycles. The molecule has 0 saturated carbocycles. The molecular formula is C13H34O5Si2. The fourth-order valence-electron chi connectivity index (χ4n) is 1.39. The minimum Gasteiger partial charge on any atom is -0.418 e. The van der Waals surface area contributed by atoms with Crippen LogP contribution in [0.4, 0.5) is 0 Å². The second-order valence-corrected chi connectivity index (χ2v) is 11.4. The van der Waals surface area contributed by atoms with Crippen molar-refractivity contribution in [3.05, 3.63) is 0 Å². The Hall–Kier alpha value is 0.234. The zero-order chi connectivity index (χ0) is 16.1. The van der Waals surface area contributed by atoms with Crippen LogP contribution in [0.25, 0.3) is 0 Å². The molecule has 0 aromatic rings. The first-order valence-electron chi connectivity index (χ1n) is 7.50. The molecule has 0 heterocycles. The second-order valence-electron chi connectivity index (χ2n) is 4.78. The Morgan fingerprint density at radius 2 is 0.750 bits per heavy atom. The molecule has 0 atom stereocenters. The molecular weight excluding hydrogens is 292 g/mol. The molecule has 0 saturated heterocycles. The standard InChI is InChI=1S/C8H20O4Si.C5H14OSi/c1-5-9-13(10-6-2,11-7-3)12-8-4;1-5-6-7(2,3)4/h5-8H2,1-4H3;5H2,1-4H3. The van der Waals surface area contributed by atoms with E-state index in [9.17, 15) is 0 Å². The SMILES string of the molecule is CCO[Si](C)(C)C.CCO[Si](OCC)(OCC)OCC. The zero-order valence-corrected chi connectivity index (χ0v) is 16.6. The zero-order valence-electron chi connectivity index (χ0n) is 14.6. The second kappa shape index (κ2) is 12.9. The lowest BCUT2D eigenvalue weighted by molar-refractivity contribution is -0.0247. The van der Waals surface area contributed by atoms with Gasteiger partial charge in [-0.15, -0.1) is 0 Å². The molecule has 0 aliphatic heterocycles. The molecule has 0 fully saturated rings. The third kappa shape index (κ3) is 13.2. The Bertz CT molecular complexity index is 180. The lowest BCUT2D eigenvalue weighted by atomic mass is 10.9. The number of hydrogen-bond donors (Lipinski definition) is 0. The summed E-state index contributed by atoms with van der Waals surface area (Å²) < 4.78 is 27.1. The van der Waals surface area contributed by atoms with E-state index in [1.165, 1.54) is 0 Å². The summed E-state index contributed by atoms with van der Waals surface area (Å²) in [6.07, 6.45) is 0. The van der Waals surface area contributed by atoms with Gasteiger partial charge in [-0.1, -0.05) is 0 Å². The van der Waals surface area contributed by atoms with Gasteiger partial charge in [-0.3, -0.25) is 0 Å². The highest BCUT2D eigenvalue weighted by atomic mass is 28.4. The van der Waals surface area contributed by atoms with Crippen LogP contribution in [0.3, 0.4) is 0 Å². The Labute approximate surface area is 127 Å². The molecule has 20 heavy (non-hydrogen) atoms. The molecule has 0 amide bonds. The van der Waals surface area contributed by atoms with Crippen molar-refractivity contribution in [2.75, 3.05) is 33.0 Å². The van der Waals surface area contributed by atoms with Gasteiger partial charge in [0.05, 0.1) is 0 Å². The minimum atomic E-state index is -2.80. The van der Waals surface area contributed by atoms with Crippen LogP contribution in [0.2, 0.25) is 19.6 Å². The van der Waals surface area contributed by atoms with Crippen LogP contribution in [0.15, 0.2) is 0 Å². The average Bonchev–Trinajstić information content (AvgIpc) is 2.29. The van der Waals surface area contributed by atoms with Crippen LogP contribution < -0.4 is 0 Å². The summed E-state index contributed by atoms with van der Waals surface area (Å²) in [5, 5.41) is 0. The molecule has 5 nitrogen and oxygen atoms in total. The monoisotopic (exact) mass is 326 g/mol. The molecule has 124 valence electrons. The van der Waals surface area contributed by atoms with Gasteiger partial charge in [0.15, 0.2) is 8.32 Å². The van der Waals surface area contributed by atoms with E-state index >= 15 is 0 Å². The summed E-state index contributed by atoms with van der Waals surface area (Å²) >= 11 is 0. The average molecular weight is 327 g/mol. The first-order valence-corrected chi connectivity index (χ1v) is 12.5. The quantitative estimate of drug-likeness (QED) is 0.576. The Morgan fingerprint density at radius 3 is 0.850 bits per heavy atom. The fraction of sp³-hybridized carbons (Fsp3) is 1.00. The van der Waals surface area contributed by atoms with Crippen molar-refractivity contribution in [1.29, 1.82) is 0 Å². The number of hydrogen-bond acceptors (Lipinski definition) is 5. The topological polar surface area (TPSA) is 46.2 Å². The van der Waals surface area contributed by atoms with Gasteiger partial charge < -0.3 is 22.1 Å². The normalized spacial score (nSPS) is 12.0. The Balaban J connectivity index is 0. The van der Waals surface area contributed by atoms with E-state index in [4.69, 9.17) is 22.1 Å². The summed E-state index contributed by atoms with van der Waals surface area (Å²) in [6.45, 7) is 19.3. The largest absolute Gasteiger partial charge is 0.679 e. The highest BCUT2D eigenvalue weighted by Gasteiger charge is 2.44. The highest BCUT2D eigenvalue weighted by molar-refractivity contribution is 6.69. The molecule has 0 aromatic carbocycles. The Kier molecular flexibility index (Phi) is 14.6. The van der Waals surface area contributed by atoms with Crippen molar-refractivity contribution in [3.8, 4) is 0 Å². The van der Waals surface area contributed by atoms with Gasteiger partial charge in [0, 0.05) is 33.0 Å². The lowest BCUT2D eigenvalue weighted by Crippen LogP contribution is -2.49. The third-order valence-electron chi connectivity index (χ3n) is 1.86. The van der Waals surface area contributed by atoms with E-state index in [2.05, 4.69) is 19.6 Å². The van der Waals surface area contributed by atoms with E-state index < -0.39 is 17.4 Å². The summed E-state index contributed by atoms with van der Waals surface area (Å²) in [6, 6.07) is 0. The van der Waals surface area contributed by atoms with E-state index in [-0.39, 0.29) is 0 Å². The van der Waals surface area contributed by atoms with Crippen LogP contribution in [-0.2, 0) is 22.1 Å². The molecule has 0 aliphatic rings. The lowest BCUT2D eigenvalue weighted by Gasteiger charge is -2.26. The fourth-order valence-corrected chi connectivity index (χ4v) is 4.17. The van der Waals surface area contributed by atoms with Gasteiger partial charge in [0.1, 0.15) is 0 Å². The third-order valence-corrected chi connectivity index (χ3v) is 5.59. The van der Waals surface area contributed by atoms with Crippen molar-refractivity contribution in [1.82, 2.24) is 0 Å². The minimum absolute atomic E-state index is 0.548. The molecule has 0 aliphatic carbocycles. The summed E-state index contributed by atoms with van der Waals surface area (Å²) in [5.74, 6) is 0. The van der Waals surface area contributed by atoms with Gasteiger partial charge >= 0.3 is 9.05 Å². The van der Waals surface area contributed by atoms with Crippen LogP contribution >= 0.6 is 0 Å². The first-order chi connectivity index (χ1) is 9.30. The summed E-state index contributed by atoms with van der Waals surface area (Å²) in [5.41, 5.74) is 0. The molecule has 0 rings (SSSR count). The van der Waals surface area contributed by atoms with E-state index in [1.807, 2.05) is 34.6 Å². The van der Waals surface area contributed by atoms with Crippen molar-refractivity contribution < 1.29 is 22.1 Å². The molecule has 0 radical (unpaired) electrons. The maximum atomic E-state index is 5.42. The van der Waals surface area contributed by atoms with Gasteiger partial charge in [0.2, 0.25) is 0 Å². The van der Waals surface area contributed by atoms with E-state index in [0.29, 0.717) is 26.4 Å². The molecule has 0 spiro atoms. The Morgan fingerprint density at radius 1 is 0.500 bits per heavy atom. The van der Waals surface area contributed by atoms with E-state index in [0.717, 1.165) is 6.61 Å². The summed E-state index contributed by atoms with van der Waals surface area (Å²) in [4.78, 5) is 0. The summed E-state index contributed by atoms with van der Waals surface area (Å²) in [7, 11) is -3.95. The van der Waals surface area contributed by atoms with Crippen molar-refractivity contribution in [3.63, 3.8) is 0 Å². The maximum Gasteiger partial charge on any atom is 0.679 e. The predicted octanol–water partition coefficient (Wildman–Crippen LogP) is 3.43. The van der Waals surface area contributed by atoms with Gasteiger partial charge in [0.25, 0.3) is 0 Å². The van der Waals surface area contributed by atoms with Crippen LogP contribution in [-0.4, -0.2) is 50.4 Å². The first kappa shape index (κ1) is 22.5. The van der Waals surface area contributed by atoms with Gasteiger partial charge in [-0.25, -0.2) is 0 Å². The molecule has 7 heteroatoms. The predicted molar refractivity (Wildman–Crippen MR) is 87.2 cm³/mol. The van der Waals surface area contributed by atoms with Crippen molar-refractivity contribution in [2.24, 2.45) is 0 Å². The van der Waals surface area contributed by atoms with Gasteiger partial charge in [-0.05, 0) is 54.3 Å². The maximum absolute atomic E-state index is 5.42. The van der Waals surface area contributed by atoms with Crippen LogP contribution in [0.1, 0.15) is 34.6 Å². The molecule has 0 N–H and O–H groups in total. The van der Waals surface area contributed by atoms with E-state index in [1.54, 1.807) is 0 Å². The smallest absolute Gasteiger partial charge is 0.418 e. The van der Waals surface area contributed by atoms with Crippen LogP contribution in [0.5, 0.6) is 0 Å². The van der Waals surface area contributed by atoms with Crippen LogP contribution in [0, 0.1) is 0 Å².